The number of rotatable bonds is 3. The highest BCUT2D eigenvalue weighted by Crippen LogP contribution is 2.15. The summed E-state index contributed by atoms with van der Waals surface area (Å²) in [5.41, 5.74) is 0. The summed E-state index contributed by atoms with van der Waals surface area (Å²) in [5.74, 6) is 0. The SMILES string of the molecule is CCCC[C@@H]1C[C@@H](O)[C@H](O)[C@H](O)CN1. The second kappa shape index (κ2) is 5.66. The zero-order chi connectivity index (χ0) is 10.6. The third kappa shape index (κ3) is 3.20. The van der Waals surface area contributed by atoms with Gasteiger partial charge in [-0.05, 0) is 12.8 Å². The molecule has 0 aromatic rings. The summed E-state index contributed by atoms with van der Waals surface area (Å²) in [5, 5.41) is 31.5. The first-order chi connectivity index (χ1) is 6.65. The number of aliphatic hydroxyl groups is 3. The highest BCUT2D eigenvalue weighted by atomic mass is 16.4. The van der Waals surface area contributed by atoms with Crippen LogP contribution < -0.4 is 5.32 Å². The summed E-state index contributed by atoms with van der Waals surface area (Å²) in [6.07, 6.45) is 1.09. The number of aliphatic hydroxyl groups excluding tert-OH is 3. The van der Waals surface area contributed by atoms with Crippen molar-refractivity contribution in [2.24, 2.45) is 0 Å². The molecule has 0 aromatic carbocycles. The van der Waals surface area contributed by atoms with Gasteiger partial charge in [-0.25, -0.2) is 0 Å². The molecule has 1 fully saturated rings. The molecule has 1 saturated heterocycles. The van der Waals surface area contributed by atoms with E-state index in [1.54, 1.807) is 0 Å². The van der Waals surface area contributed by atoms with Gasteiger partial charge < -0.3 is 20.6 Å². The van der Waals surface area contributed by atoms with Crippen molar-refractivity contribution in [1.82, 2.24) is 5.32 Å². The van der Waals surface area contributed by atoms with Crippen LogP contribution in [0.3, 0.4) is 0 Å². The van der Waals surface area contributed by atoms with Crippen molar-refractivity contribution in [1.29, 1.82) is 0 Å². The molecule has 1 aliphatic heterocycles. The molecule has 1 rings (SSSR count). The monoisotopic (exact) mass is 203 g/mol. The Morgan fingerprint density at radius 2 is 1.93 bits per heavy atom. The smallest absolute Gasteiger partial charge is 0.107 e. The standard InChI is InChI=1S/C10H21NO3/c1-2-3-4-7-5-8(12)10(14)9(13)6-11-7/h7-14H,2-6H2,1H3/t7-,8-,9-,10+/m1/s1. The predicted octanol–water partition coefficient (Wildman–Crippen LogP) is -0.379. The Hall–Kier alpha value is -0.160. The highest BCUT2D eigenvalue weighted by molar-refractivity contribution is 4.86. The molecule has 0 unspecified atom stereocenters. The minimum Gasteiger partial charge on any atom is -0.390 e. The van der Waals surface area contributed by atoms with Crippen molar-refractivity contribution in [3.63, 3.8) is 0 Å². The van der Waals surface area contributed by atoms with Crippen LogP contribution in [-0.4, -0.2) is 46.2 Å². The molecule has 0 spiro atoms. The first-order valence-electron chi connectivity index (χ1n) is 5.42. The van der Waals surface area contributed by atoms with Crippen LogP contribution in [0.2, 0.25) is 0 Å². The quantitative estimate of drug-likeness (QED) is 0.504. The van der Waals surface area contributed by atoms with E-state index in [1.165, 1.54) is 0 Å². The van der Waals surface area contributed by atoms with Crippen LogP contribution in [0.4, 0.5) is 0 Å². The maximum atomic E-state index is 9.55. The molecule has 1 heterocycles. The summed E-state index contributed by atoms with van der Waals surface area (Å²) < 4.78 is 0. The lowest BCUT2D eigenvalue weighted by Crippen LogP contribution is -2.39. The summed E-state index contributed by atoms with van der Waals surface area (Å²) >= 11 is 0. The van der Waals surface area contributed by atoms with Crippen molar-refractivity contribution >= 4 is 0 Å². The Labute approximate surface area is 85.0 Å². The van der Waals surface area contributed by atoms with Crippen LogP contribution in [0.25, 0.3) is 0 Å². The molecule has 0 amide bonds. The van der Waals surface area contributed by atoms with E-state index in [0.717, 1.165) is 19.3 Å². The second-order valence-electron chi connectivity index (χ2n) is 4.11. The lowest BCUT2D eigenvalue weighted by atomic mass is 10.0. The van der Waals surface area contributed by atoms with Gasteiger partial charge in [0.05, 0.1) is 12.2 Å². The average Bonchev–Trinajstić information content (AvgIpc) is 2.29. The maximum absolute atomic E-state index is 9.55. The van der Waals surface area contributed by atoms with E-state index in [9.17, 15) is 15.3 Å². The summed E-state index contributed by atoms with van der Waals surface area (Å²) in [6, 6.07) is 0.219. The van der Waals surface area contributed by atoms with Crippen LogP contribution in [-0.2, 0) is 0 Å². The number of hydrogen-bond acceptors (Lipinski definition) is 4. The summed E-state index contributed by atoms with van der Waals surface area (Å²) in [4.78, 5) is 0. The lowest BCUT2D eigenvalue weighted by Gasteiger charge is -2.19. The van der Waals surface area contributed by atoms with Gasteiger partial charge in [-0.2, -0.15) is 0 Å². The normalized spacial score (nSPS) is 39.4. The molecule has 0 radical (unpaired) electrons. The van der Waals surface area contributed by atoms with E-state index in [0.29, 0.717) is 13.0 Å². The Morgan fingerprint density at radius 1 is 1.21 bits per heavy atom. The molecular formula is C10H21NO3. The third-order valence-corrected chi connectivity index (χ3v) is 2.84. The molecule has 4 atom stereocenters. The largest absolute Gasteiger partial charge is 0.390 e. The molecule has 0 aromatic heterocycles. The van der Waals surface area contributed by atoms with Gasteiger partial charge in [-0.3, -0.25) is 0 Å². The zero-order valence-electron chi connectivity index (χ0n) is 8.69. The van der Waals surface area contributed by atoms with Crippen molar-refractivity contribution in [2.45, 2.75) is 57.0 Å². The van der Waals surface area contributed by atoms with Gasteiger partial charge in [0.15, 0.2) is 0 Å². The summed E-state index contributed by atoms with van der Waals surface area (Å²) in [7, 11) is 0. The molecule has 14 heavy (non-hydrogen) atoms. The predicted molar refractivity (Wildman–Crippen MR) is 54.0 cm³/mol. The van der Waals surface area contributed by atoms with Gasteiger partial charge in [0, 0.05) is 12.6 Å². The highest BCUT2D eigenvalue weighted by Gasteiger charge is 2.30. The number of nitrogens with one attached hydrogen (secondary N) is 1. The van der Waals surface area contributed by atoms with Gasteiger partial charge in [-0.1, -0.05) is 19.8 Å². The number of unbranched alkanes of at least 4 members (excludes halogenated alkanes) is 1. The van der Waals surface area contributed by atoms with E-state index >= 15 is 0 Å². The van der Waals surface area contributed by atoms with Crippen LogP contribution in [0, 0.1) is 0 Å². The molecule has 4 N–H and O–H groups in total. The zero-order valence-corrected chi connectivity index (χ0v) is 8.69. The Bertz CT molecular complexity index is 165. The maximum Gasteiger partial charge on any atom is 0.107 e. The molecular weight excluding hydrogens is 182 g/mol. The van der Waals surface area contributed by atoms with Gasteiger partial charge in [-0.15, -0.1) is 0 Å². The first-order valence-corrected chi connectivity index (χ1v) is 5.42. The fraction of sp³-hybridized carbons (Fsp3) is 1.00. The van der Waals surface area contributed by atoms with Crippen LogP contribution in [0.15, 0.2) is 0 Å². The van der Waals surface area contributed by atoms with Gasteiger partial charge >= 0.3 is 0 Å². The van der Waals surface area contributed by atoms with Crippen LogP contribution in [0.5, 0.6) is 0 Å². The molecule has 0 saturated carbocycles. The molecule has 0 aliphatic carbocycles. The Balaban J connectivity index is 2.41. The lowest BCUT2D eigenvalue weighted by molar-refractivity contribution is -0.0513. The van der Waals surface area contributed by atoms with Crippen LogP contribution in [0.1, 0.15) is 32.6 Å². The topological polar surface area (TPSA) is 72.7 Å². The minimum absolute atomic E-state index is 0.219. The Morgan fingerprint density at radius 3 is 2.57 bits per heavy atom. The third-order valence-electron chi connectivity index (χ3n) is 2.84. The molecule has 4 heteroatoms. The fourth-order valence-corrected chi connectivity index (χ4v) is 1.85. The van der Waals surface area contributed by atoms with E-state index < -0.39 is 18.3 Å². The van der Waals surface area contributed by atoms with Gasteiger partial charge in [0.2, 0.25) is 0 Å². The minimum atomic E-state index is -1.01. The van der Waals surface area contributed by atoms with Crippen molar-refractivity contribution in [3.8, 4) is 0 Å². The number of hydrogen-bond donors (Lipinski definition) is 4. The second-order valence-corrected chi connectivity index (χ2v) is 4.11. The number of β-amino-alcohol motifs (C(OH)–C–C–N with tert-alkyl or cyclic N) is 1. The van der Waals surface area contributed by atoms with Crippen molar-refractivity contribution < 1.29 is 15.3 Å². The molecule has 4 nitrogen and oxygen atoms in total. The van der Waals surface area contributed by atoms with Gasteiger partial charge in [0.1, 0.15) is 6.10 Å². The molecule has 1 aliphatic rings. The van der Waals surface area contributed by atoms with Crippen molar-refractivity contribution in [2.75, 3.05) is 6.54 Å². The average molecular weight is 203 g/mol. The van der Waals surface area contributed by atoms with E-state index in [-0.39, 0.29) is 6.04 Å². The van der Waals surface area contributed by atoms with Gasteiger partial charge in [0.25, 0.3) is 0 Å². The molecule has 0 bridgehead atoms. The van der Waals surface area contributed by atoms with E-state index in [4.69, 9.17) is 0 Å². The van der Waals surface area contributed by atoms with E-state index in [1.807, 2.05) is 0 Å². The fourth-order valence-electron chi connectivity index (χ4n) is 1.85. The first kappa shape index (κ1) is 11.9. The van der Waals surface area contributed by atoms with Crippen LogP contribution >= 0.6 is 0 Å². The Kier molecular flexibility index (Phi) is 4.81. The summed E-state index contributed by atoms with van der Waals surface area (Å²) in [6.45, 7) is 2.49. The molecule has 84 valence electrons. The van der Waals surface area contributed by atoms with Crippen molar-refractivity contribution in [3.05, 3.63) is 0 Å². The van der Waals surface area contributed by atoms with E-state index in [2.05, 4.69) is 12.2 Å².